The number of aromatic nitrogens is 1. The highest BCUT2D eigenvalue weighted by atomic mass is 35.5. The van der Waals surface area contributed by atoms with Crippen LogP contribution < -0.4 is 9.64 Å². The van der Waals surface area contributed by atoms with Crippen LogP contribution in [0.25, 0.3) is 0 Å². The number of pyridine rings is 1. The molecule has 2 saturated heterocycles. The van der Waals surface area contributed by atoms with Crippen LogP contribution in [0.5, 0.6) is 5.75 Å². The summed E-state index contributed by atoms with van der Waals surface area (Å²) in [6.45, 7) is 2.48. The summed E-state index contributed by atoms with van der Waals surface area (Å²) in [7, 11) is 0. The third kappa shape index (κ3) is 6.33. The lowest BCUT2D eigenvalue weighted by Crippen LogP contribution is -2.65. The summed E-state index contributed by atoms with van der Waals surface area (Å²) >= 11 is 6.09. The molecule has 1 aliphatic carbocycles. The lowest BCUT2D eigenvalue weighted by Gasteiger charge is -2.46. The van der Waals surface area contributed by atoms with Crippen molar-refractivity contribution in [1.82, 2.24) is 14.8 Å². The van der Waals surface area contributed by atoms with E-state index in [4.69, 9.17) is 16.3 Å². The first kappa shape index (κ1) is 31.9. The van der Waals surface area contributed by atoms with E-state index in [2.05, 4.69) is 9.88 Å². The van der Waals surface area contributed by atoms with Crippen molar-refractivity contribution in [1.29, 1.82) is 0 Å². The third-order valence-corrected chi connectivity index (χ3v) is 8.98. The molecule has 2 aromatic carbocycles. The Bertz CT molecular complexity index is 1460. The molecule has 12 heteroatoms. The van der Waals surface area contributed by atoms with Crippen LogP contribution in [-0.4, -0.2) is 71.5 Å². The van der Waals surface area contributed by atoms with E-state index in [9.17, 15) is 22.8 Å². The Balaban J connectivity index is 0.00000384. The Morgan fingerprint density at radius 3 is 2.09 bits per heavy atom. The first-order valence-corrected chi connectivity index (χ1v) is 14.8. The molecule has 234 valence electrons. The molecule has 0 N–H and O–H groups in total. The number of amides is 2. The number of piperidine rings is 1. The monoisotopic (exact) mass is 648 g/mol. The van der Waals surface area contributed by atoms with Gasteiger partial charge < -0.3 is 19.4 Å². The quantitative estimate of drug-likeness (QED) is 0.328. The molecule has 0 radical (unpaired) electrons. The summed E-state index contributed by atoms with van der Waals surface area (Å²) in [5, 5.41) is 0.586. The molecule has 3 aliphatic rings. The second kappa shape index (κ2) is 12.5. The molecule has 2 amide bonds. The smallest absolute Gasteiger partial charge is 0.416 e. The van der Waals surface area contributed by atoms with Crippen molar-refractivity contribution in [3.8, 4) is 5.75 Å². The van der Waals surface area contributed by atoms with Crippen LogP contribution in [0.1, 0.15) is 36.8 Å². The predicted octanol–water partition coefficient (Wildman–Crippen LogP) is 6.00. The molecule has 0 spiro atoms. The normalized spacial score (nSPS) is 21.3. The highest BCUT2D eigenvalue weighted by molar-refractivity contribution is 6.30. The fraction of sp³-hybridized carbons (Fsp3) is 0.406. The number of carbonyl (C=O) groups excluding carboxylic acids is 2. The number of ether oxygens (including phenoxy) is 1. The van der Waals surface area contributed by atoms with Crippen LogP contribution in [0.2, 0.25) is 5.02 Å². The van der Waals surface area contributed by atoms with E-state index in [0.29, 0.717) is 63.4 Å². The highest BCUT2D eigenvalue weighted by Crippen LogP contribution is 2.50. The fourth-order valence-electron chi connectivity index (χ4n) is 6.22. The molecule has 2 aliphatic heterocycles. The van der Waals surface area contributed by atoms with Crippen molar-refractivity contribution >= 4 is 41.6 Å². The maximum Gasteiger partial charge on any atom is 0.416 e. The molecule has 3 aromatic rings. The minimum atomic E-state index is -4.49. The molecule has 1 saturated carbocycles. The van der Waals surface area contributed by atoms with Crippen molar-refractivity contribution in [2.24, 2.45) is 0 Å². The third-order valence-electron chi connectivity index (χ3n) is 8.72. The number of rotatable bonds is 6. The van der Waals surface area contributed by atoms with Gasteiger partial charge in [-0.1, -0.05) is 29.8 Å². The maximum atomic E-state index is 14.3. The molecule has 3 heterocycles. The van der Waals surface area contributed by atoms with Crippen LogP contribution in [0.15, 0.2) is 72.9 Å². The van der Waals surface area contributed by atoms with Crippen LogP contribution in [0.3, 0.4) is 0 Å². The van der Waals surface area contributed by atoms with Gasteiger partial charge >= 0.3 is 6.18 Å². The van der Waals surface area contributed by atoms with Crippen molar-refractivity contribution < 1.29 is 27.5 Å². The van der Waals surface area contributed by atoms with E-state index in [1.807, 2.05) is 30.3 Å². The summed E-state index contributed by atoms with van der Waals surface area (Å²) in [4.78, 5) is 38.3. The number of hydrogen-bond donors (Lipinski definition) is 0. The molecule has 6 rings (SSSR count). The van der Waals surface area contributed by atoms with E-state index in [-0.39, 0.29) is 36.5 Å². The Hall–Kier alpha value is -3.50. The predicted molar refractivity (Wildman–Crippen MR) is 163 cm³/mol. The van der Waals surface area contributed by atoms with Gasteiger partial charge in [0, 0.05) is 43.9 Å². The number of benzene rings is 2. The van der Waals surface area contributed by atoms with Gasteiger partial charge in [-0.05, 0) is 79.8 Å². The van der Waals surface area contributed by atoms with Crippen LogP contribution in [0.4, 0.5) is 19.0 Å². The highest BCUT2D eigenvalue weighted by Gasteiger charge is 2.56. The van der Waals surface area contributed by atoms with Crippen LogP contribution in [0, 0.1) is 0 Å². The molecule has 44 heavy (non-hydrogen) atoms. The van der Waals surface area contributed by atoms with E-state index >= 15 is 0 Å². The van der Waals surface area contributed by atoms with Gasteiger partial charge in [-0.25, -0.2) is 4.98 Å². The van der Waals surface area contributed by atoms with Crippen molar-refractivity contribution in [2.45, 2.75) is 42.9 Å². The van der Waals surface area contributed by atoms with Crippen molar-refractivity contribution in [3.05, 3.63) is 89.1 Å². The average Bonchev–Trinajstić information content (AvgIpc) is 3.83. The number of carbonyl (C=O) groups is 2. The standard InChI is InChI=1S/C32H32ClF3N4O3.ClH/c33-25-9-5-23(6-10-25)30(14-15-30)28(41)40-17-3-13-31(22-40,43-26-11-7-24(8-12-26)32(34,35)36)29(42)39-20-18-38(19-21-39)27-4-1-2-16-37-27;/h1-2,4-12,16H,3,13-15,17-22H2;1H. The minimum absolute atomic E-state index is 0. The molecular weight excluding hydrogens is 616 g/mol. The number of nitrogens with zero attached hydrogens (tertiary/aromatic N) is 4. The van der Waals surface area contributed by atoms with E-state index in [1.54, 1.807) is 28.1 Å². The molecule has 1 aromatic heterocycles. The zero-order valence-electron chi connectivity index (χ0n) is 23.9. The van der Waals surface area contributed by atoms with Gasteiger partial charge in [-0.2, -0.15) is 13.2 Å². The van der Waals surface area contributed by atoms with Gasteiger partial charge in [-0.15, -0.1) is 12.4 Å². The number of anilines is 1. The zero-order valence-corrected chi connectivity index (χ0v) is 25.5. The number of halogens is 5. The lowest BCUT2D eigenvalue weighted by molar-refractivity contribution is -0.158. The zero-order chi connectivity index (χ0) is 30.2. The molecular formula is C32H33Cl2F3N4O3. The van der Waals surface area contributed by atoms with Crippen molar-refractivity contribution in [3.63, 3.8) is 0 Å². The first-order chi connectivity index (χ1) is 20.6. The fourth-order valence-corrected chi connectivity index (χ4v) is 6.35. The van der Waals surface area contributed by atoms with Crippen molar-refractivity contribution in [2.75, 3.05) is 44.2 Å². The number of alkyl halides is 3. The summed E-state index contributed by atoms with van der Waals surface area (Å²) < 4.78 is 46.1. The van der Waals surface area contributed by atoms with E-state index in [1.165, 1.54) is 12.1 Å². The number of piperazine rings is 1. The van der Waals surface area contributed by atoms with Crippen LogP contribution in [-0.2, 0) is 21.2 Å². The molecule has 1 unspecified atom stereocenters. The van der Waals surface area contributed by atoms with Crippen LogP contribution >= 0.6 is 24.0 Å². The van der Waals surface area contributed by atoms with Gasteiger partial charge in [-0.3, -0.25) is 9.59 Å². The summed E-state index contributed by atoms with van der Waals surface area (Å²) in [6, 6.07) is 17.4. The number of likely N-dealkylation sites (tertiary alicyclic amines) is 1. The van der Waals surface area contributed by atoms with Gasteiger partial charge in [0.1, 0.15) is 11.6 Å². The van der Waals surface area contributed by atoms with Gasteiger partial charge in [0.05, 0.1) is 17.5 Å². The SMILES string of the molecule is Cl.O=C(N1CCN(c2ccccn2)CC1)C1(Oc2ccc(C(F)(F)F)cc2)CCCN(C(=O)C2(c3ccc(Cl)cc3)CC2)C1. The lowest BCUT2D eigenvalue weighted by atomic mass is 9.87. The van der Waals surface area contributed by atoms with Gasteiger partial charge in [0.25, 0.3) is 5.91 Å². The van der Waals surface area contributed by atoms with Gasteiger partial charge in [0.2, 0.25) is 11.5 Å². The molecule has 7 nitrogen and oxygen atoms in total. The topological polar surface area (TPSA) is 66.0 Å². The average molecular weight is 650 g/mol. The molecule has 0 bridgehead atoms. The number of hydrogen-bond acceptors (Lipinski definition) is 5. The Labute approximate surface area is 265 Å². The minimum Gasteiger partial charge on any atom is -0.476 e. The second-order valence-electron chi connectivity index (χ2n) is 11.5. The Kier molecular flexibility index (Phi) is 9.05. The summed E-state index contributed by atoms with van der Waals surface area (Å²) in [5.74, 6) is 0.655. The largest absolute Gasteiger partial charge is 0.476 e. The molecule has 1 atom stereocenters. The summed E-state index contributed by atoms with van der Waals surface area (Å²) in [6.07, 6.45) is -0.522. The Morgan fingerprint density at radius 2 is 1.50 bits per heavy atom. The maximum absolute atomic E-state index is 14.3. The Morgan fingerprint density at radius 1 is 0.818 bits per heavy atom. The van der Waals surface area contributed by atoms with E-state index in [0.717, 1.165) is 23.5 Å². The summed E-state index contributed by atoms with van der Waals surface area (Å²) in [5.41, 5.74) is -2.01. The first-order valence-electron chi connectivity index (χ1n) is 14.5. The molecule has 3 fully saturated rings. The van der Waals surface area contributed by atoms with Gasteiger partial charge in [0.15, 0.2) is 0 Å². The second-order valence-corrected chi connectivity index (χ2v) is 11.9. The van der Waals surface area contributed by atoms with E-state index < -0.39 is 22.8 Å².